The Balaban J connectivity index is 2.21. The number of nitrogens with two attached hydrogens (primary N) is 1. The molecule has 19 heavy (non-hydrogen) atoms. The second-order valence-electron chi connectivity index (χ2n) is 4.09. The Labute approximate surface area is 112 Å². The van der Waals surface area contributed by atoms with Crippen molar-refractivity contribution in [3.8, 4) is 17.2 Å². The van der Waals surface area contributed by atoms with E-state index in [0.29, 0.717) is 23.8 Å². The van der Waals surface area contributed by atoms with E-state index in [2.05, 4.69) is 0 Å². The molecular weight excluding hydrogens is 242 g/mol. The van der Waals surface area contributed by atoms with Gasteiger partial charge in [-0.3, -0.25) is 0 Å². The molecule has 0 aliphatic rings. The average molecular weight is 259 g/mol. The predicted octanol–water partition coefficient (Wildman–Crippen LogP) is 2.44. The predicted molar refractivity (Wildman–Crippen MR) is 73.3 cm³/mol. The topological polar surface area (TPSA) is 64.7 Å². The molecule has 4 nitrogen and oxygen atoms in total. The summed E-state index contributed by atoms with van der Waals surface area (Å²) < 4.78 is 11.0. The van der Waals surface area contributed by atoms with Crippen molar-refractivity contribution < 1.29 is 14.6 Å². The van der Waals surface area contributed by atoms with Crippen LogP contribution in [-0.2, 0) is 13.2 Å². The first-order valence-corrected chi connectivity index (χ1v) is 6.01. The highest BCUT2D eigenvalue weighted by atomic mass is 16.5. The Bertz CT molecular complexity index is 538. The molecule has 0 radical (unpaired) electrons. The molecule has 2 aromatic rings. The summed E-state index contributed by atoms with van der Waals surface area (Å²) in [6.45, 7) is 0.483. The lowest BCUT2D eigenvalue weighted by Gasteiger charge is -2.11. The fourth-order valence-corrected chi connectivity index (χ4v) is 1.72. The van der Waals surface area contributed by atoms with Gasteiger partial charge in [0.1, 0.15) is 5.75 Å². The molecule has 0 heterocycles. The third kappa shape index (κ3) is 3.24. The van der Waals surface area contributed by atoms with Crippen LogP contribution in [0.2, 0.25) is 0 Å². The van der Waals surface area contributed by atoms with Gasteiger partial charge in [-0.15, -0.1) is 0 Å². The second kappa shape index (κ2) is 6.22. The molecule has 0 aliphatic carbocycles. The number of methoxy groups -OCH3 is 1. The summed E-state index contributed by atoms with van der Waals surface area (Å²) in [4.78, 5) is 0. The lowest BCUT2D eigenvalue weighted by atomic mass is 10.2. The van der Waals surface area contributed by atoms with Gasteiger partial charge in [0.05, 0.1) is 13.7 Å². The molecule has 3 N–H and O–H groups in total. The molecule has 2 aromatic carbocycles. The monoisotopic (exact) mass is 259 g/mol. The van der Waals surface area contributed by atoms with Crippen LogP contribution in [0.5, 0.6) is 17.2 Å². The summed E-state index contributed by atoms with van der Waals surface area (Å²) in [6.07, 6.45) is 0. The fourth-order valence-electron chi connectivity index (χ4n) is 1.72. The van der Waals surface area contributed by atoms with E-state index < -0.39 is 0 Å². The SMILES string of the molecule is COc1cc(CO)ccc1Oc1ccc(CN)cc1. The van der Waals surface area contributed by atoms with Crippen LogP contribution >= 0.6 is 0 Å². The average Bonchev–Trinajstić information content (AvgIpc) is 2.48. The molecule has 0 aliphatic heterocycles. The first-order valence-electron chi connectivity index (χ1n) is 6.01. The van der Waals surface area contributed by atoms with Gasteiger partial charge in [0.2, 0.25) is 0 Å². The van der Waals surface area contributed by atoms with E-state index in [1.54, 1.807) is 25.3 Å². The minimum absolute atomic E-state index is 0.0260. The van der Waals surface area contributed by atoms with Crippen LogP contribution in [0.3, 0.4) is 0 Å². The summed E-state index contributed by atoms with van der Waals surface area (Å²) in [6, 6.07) is 12.9. The Hall–Kier alpha value is -2.04. The first-order chi connectivity index (χ1) is 9.26. The molecule has 0 aromatic heterocycles. The van der Waals surface area contributed by atoms with Gasteiger partial charge in [0.15, 0.2) is 11.5 Å². The molecule has 0 fully saturated rings. The molecule has 0 amide bonds. The van der Waals surface area contributed by atoms with Gasteiger partial charge in [0, 0.05) is 6.54 Å². The molecule has 100 valence electrons. The maximum atomic E-state index is 9.09. The van der Waals surface area contributed by atoms with Gasteiger partial charge >= 0.3 is 0 Å². The van der Waals surface area contributed by atoms with Crippen LogP contribution in [0.15, 0.2) is 42.5 Å². The number of aliphatic hydroxyl groups is 1. The molecule has 2 rings (SSSR count). The van der Waals surface area contributed by atoms with E-state index in [1.807, 2.05) is 24.3 Å². The third-order valence-electron chi connectivity index (χ3n) is 2.80. The Kier molecular flexibility index (Phi) is 4.39. The van der Waals surface area contributed by atoms with Crippen molar-refractivity contribution in [1.29, 1.82) is 0 Å². The van der Waals surface area contributed by atoms with Gasteiger partial charge in [-0.2, -0.15) is 0 Å². The van der Waals surface area contributed by atoms with Crippen molar-refractivity contribution >= 4 is 0 Å². The Morgan fingerprint density at radius 1 is 1.00 bits per heavy atom. The lowest BCUT2D eigenvalue weighted by Crippen LogP contribution is -1.96. The molecule has 0 atom stereocenters. The maximum Gasteiger partial charge on any atom is 0.169 e. The van der Waals surface area contributed by atoms with E-state index in [4.69, 9.17) is 20.3 Å². The van der Waals surface area contributed by atoms with Gasteiger partial charge in [-0.25, -0.2) is 0 Å². The van der Waals surface area contributed by atoms with E-state index >= 15 is 0 Å². The van der Waals surface area contributed by atoms with Crippen LogP contribution in [-0.4, -0.2) is 12.2 Å². The molecule has 0 saturated heterocycles. The number of benzene rings is 2. The third-order valence-corrected chi connectivity index (χ3v) is 2.80. The minimum atomic E-state index is -0.0260. The largest absolute Gasteiger partial charge is 0.493 e. The first kappa shape index (κ1) is 13.4. The van der Waals surface area contributed by atoms with E-state index in [-0.39, 0.29) is 6.61 Å². The number of hydrogen-bond acceptors (Lipinski definition) is 4. The summed E-state index contributed by atoms with van der Waals surface area (Å²) in [7, 11) is 1.57. The van der Waals surface area contributed by atoms with Crippen LogP contribution < -0.4 is 15.2 Å². The van der Waals surface area contributed by atoms with Crippen LogP contribution in [0.25, 0.3) is 0 Å². The summed E-state index contributed by atoms with van der Waals surface area (Å²) in [5.41, 5.74) is 7.38. The van der Waals surface area contributed by atoms with E-state index in [9.17, 15) is 0 Å². The van der Waals surface area contributed by atoms with Crippen molar-refractivity contribution in [2.24, 2.45) is 5.73 Å². The highest BCUT2D eigenvalue weighted by molar-refractivity contribution is 5.45. The maximum absolute atomic E-state index is 9.09. The molecular formula is C15H17NO3. The van der Waals surface area contributed by atoms with E-state index in [0.717, 1.165) is 11.1 Å². The van der Waals surface area contributed by atoms with Crippen LogP contribution in [0.4, 0.5) is 0 Å². The number of hydrogen-bond donors (Lipinski definition) is 2. The van der Waals surface area contributed by atoms with E-state index in [1.165, 1.54) is 0 Å². The van der Waals surface area contributed by atoms with Crippen LogP contribution in [0, 0.1) is 0 Å². The van der Waals surface area contributed by atoms with Crippen molar-refractivity contribution in [2.45, 2.75) is 13.2 Å². The molecule has 0 unspecified atom stereocenters. The molecule has 4 heteroatoms. The zero-order valence-corrected chi connectivity index (χ0v) is 10.8. The summed E-state index contributed by atoms with van der Waals surface area (Å²) in [5.74, 6) is 1.92. The fraction of sp³-hybridized carbons (Fsp3) is 0.200. The molecule has 0 bridgehead atoms. The van der Waals surface area contributed by atoms with Crippen molar-refractivity contribution in [2.75, 3.05) is 7.11 Å². The lowest BCUT2D eigenvalue weighted by molar-refractivity contribution is 0.280. The zero-order chi connectivity index (χ0) is 13.7. The van der Waals surface area contributed by atoms with Gasteiger partial charge in [-0.05, 0) is 35.4 Å². The smallest absolute Gasteiger partial charge is 0.169 e. The number of aliphatic hydroxyl groups excluding tert-OH is 1. The molecule has 0 spiro atoms. The van der Waals surface area contributed by atoms with Crippen molar-refractivity contribution in [3.63, 3.8) is 0 Å². The Morgan fingerprint density at radius 3 is 2.26 bits per heavy atom. The highest BCUT2D eigenvalue weighted by Gasteiger charge is 2.06. The number of rotatable bonds is 5. The number of ether oxygens (including phenoxy) is 2. The van der Waals surface area contributed by atoms with Crippen molar-refractivity contribution in [1.82, 2.24) is 0 Å². The quantitative estimate of drug-likeness (QED) is 0.865. The standard InChI is InChI=1S/C15H17NO3/c1-18-15-8-12(10-17)4-7-14(15)19-13-5-2-11(9-16)3-6-13/h2-8,17H,9-10,16H2,1H3. The van der Waals surface area contributed by atoms with Gasteiger partial charge in [-0.1, -0.05) is 18.2 Å². The second-order valence-corrected chi connectivity index (χ2v) is 4.09. The van der Waals surface area contributed by atoms with Crippen LogP contribution in [0.1, 0.15) is 11.1 Å². The molecule has 0 saturated carbocycles. The Morgan fingerprint density at radius 2 is 1.68 bits per heavy atom. The summed E-state index contributed by atoms with van der Waals surface area (Å²) >= 11 is 0. The van der Waals surface area contributed by atoms with Gasteiger partial charge in [0.25, 0.3) is 0 Å². The highest BCUT2D eigenvalue weighted by Crippen LogP contribution is 2.32. The summed E-state index contributed by atoms with van der Waals surface area (Å²) in [5, 5.41) is 9.09. The van der Waals surface area contributed by atoms with Gasteiger partial charge < -0.3 is 20.3 Å². The normalized spacial score (nSPS) is 10.3. The zero-order valence-electron chi connectivity index (χ0n) is 10.8. The minimum Gasteiger partial charge on any atom is -0.493 e. The van der Waals surface area contributed by atoms with Crippen molar-refractivity contribution in [3.05, 3.63) is 53.6 Å².